The second-order valence-electron chi connectivity index (χ2n) is 4.38. The summed E-state index contributed by atoms with van der Waals surface area (Å²) in [5, 5.41) is 0. The average Bonchev–Trinajstić information content (AvgIpc) is 2.53. The fraction of sp³-hybridized carbons (Fsp3) is 0.188. The van der Waals surface area contributed by atoms with Crippen molar-refractivity contribution in [1.82, 2.24) is 0 Å². The van der Waals surface area contributed by atoms with Crippen molar-refractivity contribution in [2.45, 2.75) is 4.90 Å². The molecule has 0 atom stereocenters. The molecule has 0 aliphatic carbocycles. The molecule has 4 heteroatoms. The summed E-state index contributed by atoms with van der Waals surface area (Å²) in [5.41, 5.74) is 0.748. The van der Waals surface area contributed by atoms with Gasteiger partial charge in [0, 0.05) is 10.5 Å². The molecule has 0 saturated heterocycles. The van der Waals surface area contributed by atoms with Crippen LogP contribution in [0.1, 0.15) is 10.4 Å². The van der Waals surface area contributed by atoms with E-state index < -0.39 is 0 Å². The molecular formula is C16H14O3S. The van der Waals surface area contributed by atoms with Gasteiger partial charge in [-0.2, -0.15) is 0 Å². The van der Waals surface area contributed by atoms with Gasteiger partial charge in [-0.3, -0.25) is 4.79 Å². The van der Waals surface area contributed by atoms with Crippen molar-refractivity contribution in [3.05, 3.63) is 54.1 Å². The van der Waals surface area contributed by atoms with E-state index in [2.05, 4.69) is 0 Å². The molecule has 102 valence electrons. The highest BCUT2D eigenvalue weighted by molar-refractivity contribution is 8.00. The van der Waals surface area contributed by atoms with Crippen LogP contribution in [-0.4, -0.2) is 24.7 Å². The summed E-state index contributed by atoms with van der Waals surface area (Å²) in [6.45, 7) is 1.16. The SMILES string of the molecule is O=C(CSc1ccc2c(c1)OCCO2)c1ccccc1. The zero-order chi connectivity index (χ0) is 13.8. The number of rotatable bonds is 4. The molecule has 2 aromatic rings. The highest BCUT2D eigenvalue weighted by atomic mass is 32.2. The molecule has 20 heavy (non-hydrogen) atoms. The lowest BCUT2D eigenvalue weighted by molar-refractivity contribution is 0.102. The molecule has 0 radical (unpaired) electrons. The first-order chi connectivity index (χ1) is 9.83. The summed E-state index contributed by atoms with van der Waals surface area (Å²) in [5.74, 6) is 2.08. The number of ketones is 1. The van der Waals surface area contributed by atoms with Gasteiger partial charge < -0.3 is 9.47 Å². The third kappa shape index (κ3) is 2.96. The number of hydrogen-bond acceptors (Lipinski definition) is 4. The van der Waals surface area contributed by atoms with Crippen LogP contribution in [0.25, 0.3) is 0 Å². The fourth-order valence-corrected chi connectivity index (χ4v) is 2.79. The van der Waals surface area contributed by atoms with E-state index in [0.717, 1.165) is 22.0 Å². The van der Waals surface area contributed by atoms with Crippen molar-refractivity contribution in [3.8, 4) is 11.5 Å². The van der Waals surface area contributed by atoms with Gasteiger partial charge in [-0.25, -0.2) is 0 Å². The van der Waals surface area contributed by atoms with Crippen LogP contribution in [0.2, 0.25) is 0 Å². The Kier molecular flexibility index (Phi) is 3.92. The minimum atomic E-state index is 0.130. The van der Waals surface area contributed by atoms with E-state index in [0.29, 0.717) is 19.0 Å². The van der Waals surface area contributed by atoms with Crippen molar-refractivity contribution in [1.29, 1.82) is 0 Å². The smallest absolute Gasteiger partial charge is 0.173 e. The first-order valence-electron chi connectivity index (χ1n) is 6.43. The summed E-state index contributed by atoms with van der Waals surface area (Å²) in [7, 11) is 0. The number of carbonyl (C=O) groups excluding carboxylic acids is 1. The normalized spacial score (nSPS) is 13.0. The number of ether oxygens (including phenoxy) is 2. The number of thioether (sulfide) groups is 1. The second-order valence-corrected chi connectivity index (χ2v) is 5.43. The lowest BCUT2D eigenvalue weighted by Gasteiger charge is -2.18. The molecule has 3 nitrogen and oxygen atoms in total. The minimum absolute atomic E-state index is 0.130. The Bertz CT molecular complexity index is 610. The van der Waals surface area contributed by atoms with Crippen LogP contribution in [-0.2, 0) is 0 Å². The van der Waals surface area contributed by atoms with E-state index >= 15 is 0 Å². The monoisotopic (exact) mass is 286 g/mol. The van der Waals surface area contributed by atoms with E-state index in [1.54, 1.807) is 0 Å². The highest BCUT2D eigenvalue weighted by Gasteiger charge is 2.13. The van der Waals surface area contributed by atoms with Crippen molar-refractivity contribution in [2.75, 3.05) is 19.0 Å². The van der Waals surface area contributed by atoms with E-state index in [9.17, 15) is 4.79 Å². The van der Waals surface area contributed by atoms with Crippen LogP contribution < -0.4 is 9.47 Å². The van der Waals surface area contributed by atoms with Crippen LogP contribution in [0.4, 0.5) is 0 Å². The molecule has 0 bridgehead atoms. The molecule has 1 heterocycles. The Balaban J connectivity index is 1.65. The van der Waals surface area contributed by atoms with Gasteiger partial charge in [0.1, 0.15) is 13.2 Å². The fourth-order valence-electron chi connectivity index (χ4n) is 1.97. The number of hydrogen-bond donors (Lipinski definition) is 0. The van der Waals surface area contributed by atoms with Crippen LogP contribution >= 0.6 is 11.8 Å². The van der Waals surface area contributed by atoms with E-state index in [-0.39, 0.29) is 5.78 Å². The molecule has 0 spiro atoms. The number of fused-ring (bicyclic) bond motifs is 1. The van der Waals surface area contributed by atoms with Gasteiger partial charge in [-0.1, -0.05) is 30.3 Å². The predicted molar refractivity (Wildman–Crippen MR) is 78.9 cm³/mol. The van der Waals surface area contributed by atoms with Gasteiger partial charge in [-0.15, -0.1) is 11.8 Å². The largest absolute Gasteiger partial charge is 0.486 e. The van der Waals surface area contributed by atoms with Gasteiger partial charge in [-0.05, 0) is 18.2 Å². The summed E-state index contributed by atoms with van der Waals surface area (Å²) in [6, 6.07) is 15.1. The van der Waals surface area contributed by atoms with E-state index in [1.807, 2.05) is 48.5 Å². The van der Waals surface area contributed by atoms with Crippen molar-refractivity contribution in [3.63, 3.8) is 0 Å². The van der Waals surface area contributed by atoms with Crippen molar-refractivity contribution < 1.29 is 14.3 Å². The zero-order valence-corrected chi connectivity index (χ0v) is 11.7. The van der Waals surface area contributed by atoms with Crippen LogP contribution in [0.15, 0.2) is 53.4 Å². The minimum Gasteiger partial charge on any atom is -0.486 e. The second kappa shape index (κ2) is 6.01. The van der Waals surface area contributed by atoms with Crippen LogP contribution in [0.5, 0.6) is 11.5 Å². The van der Waals surface area contributed by atoms with E-state index in [4.69, 9.17) is 9.47 Å². The molecular weight excluding hydrogens is 272 g/mol. The Morgan fingerprint density at radius 1 is 1.00 bits per heavy atom. The van der Waals surface area contributed by atoms with E-state index in [1.165, 1.54) is 11.8 Å². The first-order valence-corrected chi connectivity index (χ1v) is 7.42. The molecule has 1 aliphatic rings. The summed E-state index contributed by atoms with van der Waals surface area (Å²) >= 11 is 1.51. The Morgan fingerprint density at radius 3 is 2.55 bits per heavy atom. The van der Waals surface area contributed by atoms with Gasteiger partial charge in [0.25, 0.3) is 0 Å². The van der Waals surface area contributed by atoms with Gasteiger partial charge >= 0.3 is 0 Å². The molecule has 0 unspecified atom stereocenters. The zero-order valence-electron chi connectivity index (χ0n) is 10.9. The molecule has 0 N–H and O–H groups in total. The van der Waals surface area contributed by atoms with Crippen molar-refractivity contribution >= 4 is 17.5 Å². The molecule has 0 aromatic heterocycles. The number of Topliss-reactive ketones (excluding diaryl/α,β-unsaturated/α-hetero) is 1. The third-order valence-corrected chi connectivity index (χ3v) is 3.97. The van der Waals surface area contributed by atoms with Gasteiger partial charge in [0.2, 0.25) is 0 Å². The quantitative estimate of drug-likeness (QED) is 0.637. The maximum Gasteiger partial charge on any atom is 0.173 e. The molecule has 1 aliphatic heterocycles. The number of benzene rings is 2. The lowest BCUT2D eigenvalue weighted by atomic mass is 10.2. The lowest BCUT2D eigenvalue weighted by Crippen LogP contribution is -2.15. The van der Waals surface area contributed by atoms with Gasteiger partial charge in [0.05, 0.1) is 5.75 Å². The highest BCUT2D eigenvalue weighted by Crippen LogP contribution is 2.34. The topological polar surface area (TPSA) is 35.5 Å². The number of carbonyl (C=O) groups is 1. The van der Waals surface area contributed by atoms with Crippen LogP contribution in [0, 0.1) is 0 Å². The average molecular weight is 286 g/mol. The summed E-state index contributed by atoms with van der Waals surface area (Å²) in [6.07, 6.45) is 0. The molecule has 0 saturated carbocycles. The standard InChI is InChI=1S/C16H14O3S/c17-14(12-4-2-1-3-5-12)11-20-13-6-7-15-16(10-13)19-9-8-18-15/h1-7,10H,8-9,11H2. The Hall–Kier alpha value is -1.94. The van der Waals surface area contributed by atoms with Crippen molar-refractivity contribution in [2.24, 2.45) is 0 Å². The molecule has 0 fully saturated rings. The Morgan fingerprint density at radius 2 is 1.75 bits per heavy atom. The molecule has 3 rings (SSSR count). The summed E-state index contributed by atoms with van der Waals surface area (Å²) < 4.78 is 11.0. The maximum absolute atomic E-state index is 12.0. The van der Waals surface area contributed by atoms with Crippen LogP contribution in [0.3, 0.4) is 0 Å². The Labute approximate surface area is 121 Å². The predicted octanol–water partition coefficient (Wildman–Crippen LogP) is 3.43. The maximum atomic E-state index is 12.0. The summed E-state index contributed by atoms with van der Waals surface area (Å²) in [4.78, 5) is 13.0. The van der Waals surface area contributed by atoms with Gasteiger partial charge in [0.15, 0.2) is 17.3 Å². The molecule has 2 aromatic carbocycles. The first kappa shape index (κ1) is 13.1. The third-order valence-electron chi connectivity index (χ3n) is 2.98. The molecule has 0 amide bonds.